The van der Waals surface area contributed by atoms with E-state index in [1.807, 2.05) is 13.8 Å². The van der Waals surface area contributed by atoms with Crippen molar-refractivity contribution in [1.82, 2.24) is 5.32 Å². The van der Waals surface area contributed by atoms with Crippen LogP contribution < -0.4 is 5.32 Å². The second-order valence-electron chi connectivity index (χ2n) is 4.07. The number of benzene rings is 1. The molecule has 0 saturated carbocycles. The topological polar surface area (TPSA) is 64.4 Å². The van der Waals surface area contributed by atoms with Crippen molar-refractivity contribution in [3.05, 3.63) is 39.9 Å². The van der Waals surface area contributed by atoms with Crippen LogP contribution in [0.1, 0.15) is 31.9 Å². The quantitative estimate of drug-likeness (QED) is 0.439. The van der Waals surface area contributed by atoms with Crippen LogP contribution in [0.5, 0.6) is 0 Å². The number of nitro groups is 1. The summed E-state index contributed by atoms with van der Waals surface area (Å²) in [5.41, 5.74) is 1.18. The highest BCUT2D eigenvalue weighted by Gasteiger charge is 2.08. The van der Waals surface area contributed by atoms with Gasteiger partial charge in [-0.3, -0.25) is 10.1 Å². The third-order valence-corrected chi connectivity index (χ3v) is 2.72. The average Bonchev–Trinajstić information content (AvgIpc) is 2.38. The van der Waals surface area contributed by atoms with Crippen molar-refractivity contribution in [2.24, 2.45) is 0 Å². The lowest BCUT2D eigenvalue weighted by molar-refractivity contribution is -0.384. The van der Waals surface area contributed by atoms with E-state index in [0.29, 0.717) is 0 Å². The number of rotatable bonds is 8. The number of nitrogens with one attached hydrogen (secondary N) is 1. The molecule has 1 unspecified atom stereocenters. The number of nitrogens with zero attached hydrogens (tertiary/aromatic N) is 1. The molecule has 0 aliphatic heterocycles. The Labute approximate surface area is 107 Å². The molecular formula is C13H20N2O3. The first kappa shape index (κ1) is 14.6. The van der Waals surface area contributed by atoms with Gasteiger partial charge in [-0.1, -0.05) is 12.1 Å². The summed E-state index contributed by atoms with van der Waals surface area (Å²) in [4.78, 5) is 10.1. The molecule has 5 nitrogen and oxygen atoms in total. The van der Waals surface area contributed by atoms with Crippen LogP contribution in [0.4, 0.5) is 5.69 Å². The van der Waals surface area contributed by atoms with E-state index in [4.69, 9.17) is 4.74 Å². The number of nitro benzene ring substituents is 1. The Morgan fingerprint density at radius 1 is 1.39 bits per heavy atom. The number of hydrogen-bond donors (Lipinski definition) is 1. The van der Waals surface area contributed by atoms with Gasteiger partial charge < -0.3 is 10.1 Å². The molecule has 0 fully saturated rings. The molecule has 0 saturated heterocycles. The van der Waals surface area contributed by atoms with Gasteiger partial charge in [0.1, 0.15) is 0 Å². The maximum Gasteiger partial charge on any atom is 0.269 e. The van der Waals surface area contributed by atoms with E-state index in [1.165, 1.54) is 12.1 Å². The Morgan fingerprint density at radius 3 is 2.61 bits per heavy atom. The summed E-state index contributed by atoms with van der Waals surface area (Å²) in [7, 11) is 0. The summed E-state index contributed by atoms with van der Waals surface area (Å²) >= 11 is 0. The van der Waals surface area contributed by atoms with Crippen molar-refractivity contribution in [3.8, 4) is 0 Å². The molecule has 1 rings (SSSR count). The van der Waals surface area contributed by atoms with Crippen LogP contribution in [0.25, 0.3) is 0 Å². The molecule has 0 amide bonds. The largest absolute Gasteiger partial charge is 0.382 e. The molecule has 1 atom stereocenters. The van der Waals surface area contributed by atoms with E-state index >= 15 is 0 Å². The van der Waals surface area contributed by atoms with Gasteiger partial charge in [0, 0.05) is 31.4 Å². The minimum Gasteiger partial charge on any atom is -0.382 e. The Bertz CT molecular complexity index is 365. The van der Waals surface area contributed by atoms with E-state index in [-0.39, 0.29) is 16.7 Å². The zero-order valence-electron chi connectivity index (χ0n) is 10.9. The Kier molecular flexibility index (Phi) is 6.32. The first-order chi connectivity index (χ1) is 8.65. The lowest BCUT2D eigenvalue weighted by Crippen LogP contribution is -2.20. The molecule has 18 heavy (non-hydrogen) atoms. The van der Waals surface area contributed by atoms with Crippen LogP contribution >= 0.6 is 0 Å². The Balaban J connectivity index is 2.37. The van der Waals surface area contributed by atoms with Gasteiger partial charge in [-0.15, -0.1) is 0 Å². The third kappa shape index (κ3) is 4.81. The summed E-state index contributed by atoms with van der Waals surface area (Å²) in [6, 6.07) is 6.84. The first-order valence-electron chi connectivity index (χ1n) is 6.20. The molecule has 1 aromatic carbocycles. The molecule has 0 bridgehead atoms. The van der Waals surface area contributed by atoms with Gasteiger partial charge in [-0.25, -0.2) is 0 Å². The Morgan fingerprint density at radius 2 is 2.06 bits per heavy atom. The van der Waals surface area contributed by atoms with E-state index in [1.54, 1.807) is 12.1 Å². The van der Waals surface area contributed by atoms with Crippen molar-refractivity contribution in [2.75, 3.05) is 19.8 Å². The standard InChI is InChI=1S/C13H20N2O3/c1-3-18-10-4-9-14-11(2)12-5-7-13(8-6-12)15(16)17/h5-8,11,14H,3-4,9-10H2,1-2H3. The molecule has 5 heteroatoms. The minimum absolute atomic E-state index is 0.127. The molecule has 0 aliphatic carbocycles. The van der Waals surface area contributed by atoms with Gasteiger partial charge in [0.25, 0.3) is 5.69 Å². The lowest BCUT2D eigenvalue weighted by Gasteiger charge is -2.13. The molecule has 0 radical (unpaired) electrons. The Hall–Kier alpha value is -1.46. The molecule has 0 spiro atoms. The fourth-order valence-electron chi connectivity index (χ4n) is 1.64. The van der Waals surface area contributed by atoms with Crippen LogP contribution in [0.2, 0.25) is 0 Å². The lowest BCUT2D eigenvalue weighted by atomic mass is 10.1. The fourth-order valence-corrected chi connectivity index (χ4v) is 1.64. The van der Waals surface area contributed by atoms with Gasteiger partial charge in [-0.2, -0.15) is 0 Å². The molecule has 100 valence electrons. The molecule has 1 aromatic rings. The predicted octanol–water partition coefficient (Wildman–Crippen LogP) is 2.67. The van der Waals surface area contributed by atoms with Crippen molar-refractivity contribution in [3.63, 3.8) is 0 Å². The average molecular weight is 252 g/mol. The normalized spacial score (nSPS) is 12.3. The monoisotopic (exact) mass is 252 g/mol. The second-order valence-corrected chi connectivity index (χ2v) is 4.07. The maximum atomic E-state index is 10.5. The maximum absolute atomic E-state index is 10.5. The summed E-state index contributed by atoms with van der Waals surface area (Å²) in [6.07, 6.45) is 0.963. The second kappa shape index (κ2) is 7.79. The number of ether oxygens (including phenoxy) is 1. The highest BCUT2D eigenvalue weighted by atomic mass is 16.6. The summed E-state index contributed by atoms with van der Waals surface area (Å²) in [5.74, 6) is 0. The summed E-state index contributed by atoms with van der Waals surface area (Å²) in [6.45, 7) is 6.40. The van der Waals surface area contributed by atoms with Crippen LogP contribution in [0, 0.1) is 10.1 Å². The van der Waals surface area contributed by atoms with E-state index in [2.05, 4.69) is 5.32 Å². The molecule has 0 aliphatic rings. The summed E-state index contributed by atoms with van der Waals surface area (Å²) in [5, 5.41) is 13.9. The smallest absolute Gasteiger partial charge is 0.269 e. The van der Waals surface area contributed by atoms with E-state index < -0.39 is 0 Å². The van der Waals surface area contributed by atoms with Gasteiger partial charge in [0.2, 0.25) is 0 Å². The van der Waals surface area contributed by atoms with Crippen LogP contribution in [-0.2, 0) is 4.74 Å². The highest BCUT2D eigenvalue weighted by molar-refractivity contribution is 5.33. The van der Waals surface area contributed by atoms with Crippen molar-refractivity contribution in [1.29, 1.82) is 0 Å². The molecule has 0 heterocycles. The fraction of sp³-hybridized carbons (Fsp3) is 0.538. The van der Waals surface area contributed by atoms with Crippen LogP contribution in [0.3, 0.4) is 0 Å². The predicted molar refractivity (Wildman–Crippen MR) is 70.6 cm³/mol. The molecule has 0 aromatic heterocycles. The summed E-state index contributed by atoms with van der Waals surface area (Å²) < 4.78 is 5.25. The highest BCUT2D eigenvalue weighted by Crippen LogP contribution is 2.17. The van der Waals surface area contributed by atoms with Crippen molar-refractivity contribution >= 4 is 5.69 Å². The van der Waals surface area contributed by atoms with Gasteiger partial charge in [-0.05, 0) is 32.4 Å². The SMILES string of the molecule is CCOCCCNC(C)c1ccc([N+](=O)[O-])cc1. The zero-order valence-corrected chi connectivity index (χ0v) is 10.9. The van der Waals surface area contributed by atoms with Crippen LogP contribution in [0.15, 0.2) is 24.3 Å². The number of non-ortho nitro benzene ring substituents is 1. The zero-order chi connectivity index (χ0) is 13.4. The van der Waals surface area contributed by atoms with E-state index in [9.17, 15) is 10.1 Å². The van der Waals surface area contributed by atoms with Crippen molar-refractivity contribution in [2.45, 2.75) is 26.3 Å². The van der Waals surface area contributed by atoms with E-state index in [0.717, 1.165) is 31.7 Å². The molecular weight excluding hydrogens is 232 g/mol. The number of hydrogen-bond acceptors (Lipinski definition) is 4. The van der Waals surface area contributed by atoms with Gasteiger partial charge in [0.05, 0.1) is 4.92 Å². The van der Waals surface area contributed by atoms with Gasteiger partial charge >= 0.3 is 0 Å². The van der Waals surface area contributed by atoms with Gasteiger partial charge in [0.15, 0.2) is 0 Å². The van der Waals surface area contributed by atoms with Crippen molar-refractivity contribution < 1.29 is 9.66 Å². The minimum atomic E-state index is -0.385. The first-order valence-corrected chi connectivity index (χ1v) is 6.20. The van der Waals surface area contributed by atoms with Crippen LogP contribution in [-0.4, -0.2) is 24.7 Å². The molecule has 1 N–H and O–H groups in total. The third-order valence-electron chi connectivity index (χ3n) is 2.72.